The van der Waals surface area contributed by atoms with Crippen LogP contribution in [-0.2, 0) is 0 Å². The second-order valence-corrected chi connectivity index (χ2v) is 5.99. The highest BCUT2D eigenvalue weighted by atomic mass is 79.9. The van der Waals surface area contributed by atoms with Gasteiger partial charge < -0.3 is 10.2 Å². The molecule has 0 spiro atoms. The Labute approximate surface area is 114 Å². The minimum Gasteiger partial charge on any atom is -0.335 e. The fraction of sp³-hybridized carbons (Fsp3) is 0.462. The lowest BCUT2D eigenvalue weighted by molar-refractivity contribution is 0.0646. The predicted molar refractivity (Wildman–Crippen MR) is 72.1 cm³/mol. The molecule has 0 bridgehead atoms. The van der Waals surface area contributed by atoms with Crippen molar-refractivity contribution < 1.29 is 9.18 Å². The molecule has 1 saturated heterocycles. The van der Waals surface area contributed by atoms with Crippen molar-refractivity contribution in [3.8, 4) is 0 Å². The van der Waals surface area contributed by atoms with E-state index in [4.69, 9.17) is 0 Å². The van der Waals surface area contributed by atoms with E-state index in [2.05, 4.69) is 21.2 Å². The number of amides is 1. The minimum absolute atomic E-state index is 0.121. The molecule has 98 valence electrons. The van der Waals surface area contributed by atoms with Crippen molar-refractivity contribution in [2.24, 2.45) is 0 Å². The van der Waals surface area contributed by atoms with Crippen LogP contribution in [0.25, 0.3) is 0 Å². The lowest BCUT2D eigenvalue weighted by atomic mass is 10.0. The average molecular weight is 315 g/mol. The molecule has 1 N–H and O–H groups in total. The van der Waals surface area contributed by atoms with Crippen LogP contribution in [0, 0.1) is 5.82 Å². The number of carbonyl (C=O) groups is 1. The van der Waals surface area contributed by atoms with Gasteiger partial charge in [0.05, 0.1) is 5.56 Å². The van der Waals surface area contributed by atoms with Gasteiger partial charge in [-0.1, -0.05) is 6.07 Å². The molecule has 1 heterocycles. The summed E-state index contributed by atoms with van der Waals surface area (Å²) < 4.78 is 14.3. The van der Waals surface area contributed by atoms with Gasteiger partial charge in [-0.15, -0.1) is 0 Å². The molecule has 2 rings (SSSR count). The number of nitrogens with zero attached hydrogens (tertiary/aromatic N) is 1. The summed E-state index contributed by atoms with van der Waals surface area (Å²) >= 11 is 3.24. The van der Waals surface area contributed by atoms with E-state index in [0.717, 1.165) is 6.54 Å². The Balaban J connectivity index is 2.26. The number of halogens is 2. The largest absolute Gasteiger partial charge is 0.335 e. The summed E-state index contributed by atoms with van der Waals surface area (Å²) in [5.74, 6) is -0.736. The van der Waals surface area contributed by atoms with Crippen LogP contribution in [0.1, 0.15) is 24.2 Å². The molecule has 0 unspecified atom stereocenters. The number of benzene rings is 1. The zero-order chi connectivity index (χ0) is 13.3. The summed E-state index contributed by atoms with van der Waals surface area (Å²) in [6, 6.07) is 4.58. The maximum absolute atomic E-state index is 13.8. The summed E-state index contributed by atoms with van der Waals surface area (Å²) in [7, 11) is 0. The second kappa shape index (κ2) is 4.97. The van der Waals surface area contributed by atoms with Crippen LogP contribution in [0.2, 0.25) is 0 Å². The molecular formula is C13H16BrFN2O. The SMILES string of the molecule is CC1(C)CN(C(=O)c2c(F)cccc2Br)CCN1. The van der Waals surface area contributed by atoms with Gasteiger partial charge in [0.25, 0.3) is 5.91 Å². The van der Waals surface area contributed by atoms with Crippen molar-refractivity contribution in [2.75, 3.05) is 19.6 Å². The van der Waals surface area contributed by atoms with Gasteiger partial charge in [0, 0.05) is 29.6 Å². The van der Waals surface area contributed by atoms with E-state index < -0.39 is 5.82 Å². The monoisotopic (exact) mass is 314 g/mol. The molecule has 5 heteroatoms. The van der Waals surface area contributed by atoms with Crippen LogP contribution < -0.4 is 5.32 Å². The van der Waals surface area contributed by atoms with Crippen molar-refractivity contribution in [3.63, 3.8) is 0 Å². The molecule has 1 aliphatic heterocycles. The highest BCUT2D eigenvalue weighted by molar-refractivity contribution is 9.10. The van der Waals surface area contributed by atoms with Crippen LogP contribution in [0.15, 0.2) is 22.7 Å². The van der Waals surface area contributed by atoms with Crippen LogP contribution in [0.5, 0.6) is 0 Å². The fourth-order valence-electron chi connectivity index (χ4n) is 2.17. The summed E-state index contributed by atoms with van der Waals surface area (Å²) in [5.41, 5.74) is -0.0127. The topological polar surface area (TPSA) is 32.3 Å². The van der Waals surface area contributed by atoms with Gasteiger partial charge in [-0.2, -0.15) is 0 Å². The molecule has 0 atom stereocenters. The van der Waals surface area contributed by atoms with Gasteiger partial charge in [0.1, 0.15) is 5.82 Å². The van der Waals surface area contributed by atoms with Crippen molar-refractivity contribution in [3.05, 3.63) is 34.1 Å². The van der Waals surface area contributed by atoms with Crippen molar-refractivity contribution in [2.45, 2.75) is 19.4 Å². The van der Waals surface area contributed by atoms with E-state index in [9.17, 15) is 9.18 Å². The maximum atomic E-state index is 13.8. The Morgan fingerprint density at radius 2 is 2.22 bits per heavy atom. The third kappa shape index (κ3) is 2.72. The summed E-state index contributed by atoms with van der Waals surface area (Å²) in [6.07, 6.45) is 0. The van der Waals surface area contributed by atoms with E-state index in [-0.39, 0.29) is 17.0 Å². The van der Waals surface area contributed by atoms with E-state index in [1.165, 1.54) is 6.07 Å². The molecule has 0 aromatic heterocycles. The van der Waals surface area contributed by atoms with Gasteiger partial charge in [0.2, 0.25) is 0 Å². The van der Waals surface area contributed by atoms with Gasteiger partial charge in [-0.05, 0) is 41.9 Å². The number of hydrogen-bond donors (Lipinski definition) is 1. The molecule has 1 aliphatic rings. The van der Waals surface area contributed by atoms with E-state index in [1.54, 1.807) is 17.0 Å². The molecule has 0 aliphatic carbocycles. The molecule has 1 aromatic rings. The minimum atomic E-state index is -0.481. The summed E-state index contributed by atoms with van der Waals surface area (Å²) in [5, 5.41) is 3.32. The number of rotatable bonds is 1. The quantitative estimate of drug-likeness (QED) is 0.863. The lowest BCUT2D eigenvalue weighted by Crippen LogP contribution is -2.58. The summed E-state index contributed by atoms with van der Waals surface area (Å²) in [6.45, 7) is 5.96. The molecule has 0 radical (unpaired) electrons. The van der Waals surface area contributed by atoms with Crippen LogP contribution in [0.3, 0.4) is 0 Å². The first-order valence-electron chi connectivity index (χ1n) is 5.89. The first-order valence-corrected chi connectivity index (χ1v) is 6.68. The highest BCUT2D eigenvalue weighted by Crippen LogP contribution is 2.23. The Morgan fingerprint density at radius 1 is 1.50 bits per heavy atom. The predicted octanol–water partition coefficient (Wildman–Crippen LogP) is 2.41. The second-order valence-electron chi connectivity index (χ2n) is 5.13. The molecular weight excluding hydrogens is 299 g/mol. The Hall–Kier alpha value is -0.940. The molecule has 1 aromatic carbocycles. The average Bonchev–Trinajstić information content (AvgIpc) is 2.27. The zero-order valence-electron chi connectivity index (χ0n) is 10.5. The fourth-order valence-corrected chi connectivity index (χ4v) is 2.69. The normalized spacial score (nSPS) is 18.8. The third-order valence-electron chi connectivity index (χ3n) is 3.04. The molecule has 1 amide bonds. The number of piperazine rings is 1. The van der Waals surface area contributed by atoms with Crippen LogP contribution in [-0.4, -0.2) is 36.0 Å². The number of carbonyl (C=O) groups excluding carboxylic acids is 1. The van der Waals surface area contributed by atoms with Crippen molar-refractivity contribution in [1.82, 2.24) is 10.2 Å². The number of hydrogen-bond acceptors (Lipinski definition) is 2. The number of nitrogens with one attached hydrogen (secondary N) is 1. The summed E-state index contributed by atoms with van der Waals surface area (Å²) in [4.78, 5) is 14.1. The molecule has 0 saturated carbocycles. The van der Waals surface area contributed by atoms with Gasteiger partial charge in [-0.3, -0.25) is 4.79 Å². The maximum Gasteiger partial charge on any atom is 0.258 e. The Kier molecular flexibility index (Phi) is 3.73. The van der Waals surface area contributed by atoms with Gasteiger partial charge in [0.15, 0.2) is 0 Å². The van der Waals surface area contributed by atoms with Gasteiger partial charge in [-0.25, -0.2) is 4.39 Å². The Bertz CT molecular complexity index is 456. The molecule has 18 heavy (non-hydrogen) atoms. The standard InChI is InChI=1S/C13H16BrFN2O/c1-13(2)8-17(7-6-16-13)12(18)11-9(14)4-3-5-10(11)15/h3-5,16H,6-8H2,1-2H3. The first-order chi connectivity index (χ1) is 8.41. The van der Waals surface area contributed by atoms with E-state index in [0.29, 0.717) is 17.6 Å². The first kappa shape index (κ1) is 13.5. The molecule has 1 fully saturated rings. The van der Waals surface area contributed by atoms with E-state index >= 15 is 0 Å². The van der Waals surface area contributed by atoms with E-state index in [1.807, 2.05) is 13.8 Å². The third-order valence-corrected chi connectivity index (χ3v) is 3.70. The lowest BCUT2D eigenvalue weighted by Gasteiger charge is -2.39. The molecule has 3 nitrogen and oxygen atoms in total. The Morgan fingerprint density at radius 3 is 2.83 bits per heavy atom. The van der Waals surface area contributed by atoms with Crippen LogP contribution in [0.4, 0.5) is 4.39 Å². The highest BCUT2D eigenvalue weighted by Gasteiger charge is 2.30. The zero-order valence-corrected chi connectivity index (χ0v) is 12.1. The van der Waals surface area contributed by atoms with Gasteiger partial charge >= 0.3 is 0 Å². The van der Waals surface area contributed by atoms with Crippen molar-refractivity contribution >= 4 is 21.8 Å². The smallest absolute Gasteiger partial charge is 0.258 e. The van der Waals surface area contributed by atoms with Crippen LogP contribution >= 0.6 is 15.9 Å². The van der Waals surface area contributed by atoms with Crippen molar-refractivity contribution in [1.29, 1.82) is 0 Å².